The molecule has 1 aliphatic carbocycles. The molecular formula is C14H15F2NO2. The van der Waals surface area contributed by atoms with Gasteiger partial charge < -0.3 is 10.1 Å². The van der Waals surface area contributed by atoms with Gasteiger partial charge in [-0.3, -0.25) is 4.79 Å². The Morgan fingerprint density at radius 1 is 1.26 bits per heavy atom. The maximum absolute atomic E-state index is 12.0. The predicted octanol–water partition coefficient (Wildman–Crippen LogP) is 3.58. The van der Waals surface area contributed by atoms with Gasteiger partial charge in [0.2, 0.25) is 5.91 Å². The van der Waals surface area contributed by atoms with Gasteiger partial charge in [0.05, 0.1) is 0 Å². The highest BCUT2D eigenvalue weighted by Crippen LogP contribution is 2.22. The smallest absolute Gasteiger partial charge is 0.387 e. The van der Waals surface area contributed by atoms with E-state index in [0.717, 1.165) is 19.3 Å². The quantitative estimate of drug-likeness (QED) is 0.847. The highest BCUT2D eigenvalue weighted by molar-refractivity contribution is 5.92. The molecular weight excluding hydrogens is 252 g/mol. The minimum atomic E-state index is -2.84. The summed E-state index contributed by atoms with van der Waals surface area (Å²) in [7, 11) is 0. The Morgan fingerprint density at radius 3 is 2.58 bits per heavy atom. The maximum Gasteiger partial charge on any atom is 0.387 e. The van der Waals surface area contributed by atoms with Crippen molar-refractivity contribution in [2.75, 3.05) is 5.32 Å². The number of nitrogens with one attached hydrogen (secondary N) is 1. The molecule has 3 nitrogen and oxygen atoms in total. The molecule has 1 unspecified atom stereocenters. The Labute approximate surface area is 110 Å². The van der Waals surface area contributed by atoms with Crippen molar-refractivity contribution in [3.63, 3.8) is 0 Å². The zero-order chi connectivity index (χ0) is 13.7. The van der Waals surface area contributed by atoms with Crippen molar-refractivity contribution < 1.29 is 18.3 Å². The largest absolute Gasteiger partial charge is 0.435 e. The zero-order valence-electron chi connectivity index (χ0n) is 10.3. The number of carbonyl (C=O) groups is 1. The number of benzene rings is 1. The van der Waals surface area contributed by atoms with Gasteiger partial charge in [-0.2, -0.15) is 8.78 Å². The van der Waals surface area contributed by atoms with E-state index in [1.54, 1.807) is 12.1 Å². The molecule has 1 aromatic rings. The Balaban J connectivity index is 1.91. The van der Waals surface area contributed by atoms with Crippen LogP contribution in [0.1, 0.15) is 19.3 Å². The van der Waals surface area contributed by atoms with Gasteiger partial charge in [-0.05, 0) is 43.5 Å². The normalized spacial score (nSPS) is 18.4. The molecule has 1 amide bonds. The molecule has 0 heterocycles. The summed E-state index contributed by atoms with van der Waals surface area (Å²) in [4.78, 5) is 11.9. The molecule has 2 rings (SSSR count). The molecule has 1 aliphatic rings. The topological polar surface area (TPSA) is 38.3 Å². The number of allylic oxidation sites excluding steroid dienone is 2. The summed E-state index contributed by atoms with van der Waals surface area (Å²) in [5.41, 5.74) is 0.584. The minimum absolute atomic E-state index is 0.0120. The highest BCUT2D eigenvalue weighted by Gasteiger charge is 2.18. The summed E-state index contributed by atoms with van der Waals surface area (Å²) in [5.74, 6) is 0.0301. The van der Waals surface area contributed by atoms with E-state index in [9.17, 15) is 13.6 Å². The molecule has 19 heavy (non-hydrogen) atoms. The molecule has 0 bridgehead atoms. The first-order chi connectivity index (χ1) is 9.15. The van der Waals surface area contributed by atoms with Crippen LogP contribution in [0.25, 0.3) is 0 Å². The van der Waals surface area contributed by atoms with E-state index in [4.69, 9.17) is 0 Å². The molecule has 0 spiro atoms. The molecule has 5 heteroatoms. The van der Waals surface area contributed by atoms with E-state index in [0.29, 0.717) is 5.69 Å². The lowest BCUT2D eigenvalue weighted by molar-refractivity contribution is -0.120. The van der Waals surface area contributed by atoms with Crippen molar-refractivity contribution in [2.24, 2.45) is 5.92 Å². The molecule has 1 aromatic carbocycles. The van der Waals surface area contributed by atoms with Crippen molar-refractivity contribution in [1.29, 1.82) is 0 Å². The fourth-order valence-corrected chi connectivity index (χ4v) is 2.00. The number of carbonyl (C=O) groups excluding carboxylic acids is 1. The van der Waals surface area contributed by atoms with Gasteiger partial charge in [-0.1, -0.05) is 12.2 Å². The van der Waals surface area contributed by atoms with Crippen LogP contribution in [0.5, 0.6) is 5.75 Å². The van der Waals surface area contributed by atoms with Gasteiger partial charge in [0.15, 0.2) is 0 Å². The lowest BCUT2D eigenvalue weighted by atomic mass is 9.93. The Kier molecular flexibility index (Phi) is 4.49. The number of alkyl halides is 2. The van der Waals surface area contributed by atoms with Crippen molar-refractivity contribution in [1.82, 2.24) is 0 Å². The van der Waals surface area contributed by atoms with Gasteiger partial charge in [-0.15, -0.1) is 0 Å². The van der Waals surface area contributed by atoms with Crippen LogP contribution in [0.2, 0.25) is 0 Å². The van der Waals surface area contributed by atoms with E-state index in [1.807, 2.05) is 6.08 Å². The third-order valence-corrected chi connectivity index (χ3v) is 2.99. The van der Waals surface area contributed by atoms with Crippen molar-refractivity contribution in [2.45, 2.75) is 25.9 Å². The minimum Gasteiger partial charge on any atom is -0.435 e. The molecule has 0 fully saturated rings. The van der Waals surface area contributed by atoms with Crippen molar-refractivity contribution in [3.05, 3.63) is 36.4 Å². The molecule has 0 saturated carbocycles. The first kappa shape index (κ1) is 13.5. The molecule has 0 saturated heterocycles. The van der Waals surface area contributed by atoms with Crippen LogP contribution in [0.4, 0.5) is 14.5 Å². The average Bonchev–Trinajstić information content (AvgIpc) is 2.41. The summed E-state index contributed by atoms with van der Waals surface area (Å²) >= 11 is 0. The van der Waals surface area contributed by atoms with Crippen molar-refractivity contribution >= 4 is 11.6 Å². The molecule has 0 aliphatic heterocycles. The monoisotopic (exact) mass is 267 g/mol. The molecule has 1 N–H and O–H groups in total. The zero-order valence-corrected chi connectivity index (χ0v) is 10.3. The number of halogens is 2. The van der Waals surface area contributed by atoms with E-state index in [1.165, 1.54) is 12.1 Å². The Morgan fingerprint density at radius 2 is 2.00 bits per heavy atom. The average molecular weight is 267 g/mol. The first-order valence-electron chi connectivity index (χ1n) is 6.16. The molecule has 102 valence electrons. The van der Waals surface area contributed by atoms with E-state index in [-0.39, 0.29) is 17.6 Å². The second kappa shape index (κ2) is 6.31. The second-order valence-electron chi connectivity index (χ2n) is 4.37. The number of ether oxygens (including phenoxy) is 1. The van der Waals surface area contributed by atoms with E-state index >= 15 is 0 Å². The summed E-state index contributed by atoms with van der Waals surface area (Å²) in [5, 5.41) is 2.78. The predicted molar refractivity (Wildman–Crippen MR) is 68.2 cm³/mol. The van der Waals surface area contributed by atoms with Gasteiger partial charge >= 0.3 is 6.61 Å². The van der Waals surface area contributed by atoms with Gasteiger partial charge in [-0.25, -0.2) is 0 Å². The summed E-state index contributed by atoms with van der Waals surface area (Å²) in [6, 6.07) is 5.91. The summed E-state index contributed by atoms with van der Waals surface area (Å²) < 4.78 is 28.2. The standard InChI is InChI=1S/C14H15F2NO2/c15-14(16)19-12-8-6-11(7-9-12)17-13(18)10-4-2-1-3-5-10/h1-2,6-10,14H,3-5H2,(H,17,18). The van der Waals surface area contributed by atoms with Gasteiger partial charge in [0.25, 0.3) is 0 Å². The first-order valence-corrected chi connectivity index (χ1v) is 6.16. The van der Waals surface area contributed by atoms with Crippen LogP contribution < -0.4 is 10.1 Å². The van der Waals surface area contributed by atoms with Crippen LogP contribution in [0.15, 0.2) is 36.4 Å². The van der Waals surface area contributed by atoms with E-state index < -0.39 is 6.61 Å². The SMILES string of the molecule is O=C(Nc1ccc(OC(F)F)cc1)C1CC=CCC1. The van der Waals surface area contributed by atoms with Crippen LogP contribution in [0.3, 0.4) is 0 Å². The van der Waals surface area contributed by atoms with Crippen molar-refractivity contribution in [3.8, 4) is 5.75 Å². The lowest BCUT2D eigenvalue weighted by Gasteiger charge is -2.17. The number of hydrogen-bond donors (Lipinski definition) is 1. The lowest BCUT2D eigenvalue weighted by Crippen LogP contribution is -2.23. The molecule has 0 aromatic heterocycles. The summed E-state index contributed by atoms with van der Waals surface area (Å²) in [6.07, 6.45) is 6.58. The third kappa shape index (κ3) is 4.05. The maximum atomic E-state index is 12.0. The Hall–Kier alpha value is -1.91. The van der Waals surface area contributed by atoms with E-state index in [2.05, 4.69) is 16.1 Å². The molecule has 1 atom stereocenters. The third-order valence-electron chi connectivity index (χ3n) is 2.99. The van der Waals surface area contributed by atoms with Crippen LogP contribution in [-0.4, -0.2) is 12.5 Å². The highest BCUT2D eigenvalue weighted by atomic mass is 19.3. The molecule has 0 radical (unpaired) electrons. The Bertz CT molecular complexity index is 457. The number of amides is 1. The van der Waals surface area contributed by atoms with Crippen LogP contribution in [-0.2, 0) is 4.79 Å². The number of rotatable bonds is 4. The number of hydrogen-bond acceptors (Lipinski definition) is 2. The second-order valence-corrected chi connectivity index (χ2v) is 4.37. The van der Waals surface area contributed by atoms with Gasteiger partial charge in [0.1, 0.15) is 5.75 Å². The fourth-order valence-electron chi connectivity index (χ4n) is 2.00. The fraction of sp³-hybridized carbons (Fsp3) is 0.357. The van der Waals surface area contributed by atoms with Gasteiger partial charge in [0, 0.05) is 11.6 Å². The summed E-state index contributed by atoms with van der Waals surface area (Å²) in [6.45, 7) is -2.84. The van der Waals surface area contributed by atoms with Crippen LogP contribution >= 0.6 is 0 Å². The van der Waals surface area contributed by atoms with Crippen LogP contribution in [0, 0.1) is 5.92 Å². The number of anilines is 1.